The first kappa shape index (κ1) is 39.8. The molecule has 0 unspecified atom stereocenters. The number of imide groups is 1. The number of hydrogen-bond donors (Lipinski definition) is 3. The second-order valence-electron chi connectivity index (χ2n) is 12.6. The van der Waals surface area contributed by atoms with Gasteiger partial charge in [-0.05, 0) is 54.8 Å². The van der Waals surface area contributed by atoms with Crippen molar-refractivity contribution in [2.24, 2.45) is 0 Å². The number of urea groups is 1. The highest BCUT2D eigenvalue weighted by molar-refractivity contribution is 6.33. The highest BCUT2D eigenvalue weighted by Gasteiger charge is 2.32. The number of carbonyl (C=O) groups is 4. The molecular formula is C35H33ClF5N9O6. The lowest BCUT2D eigenvalue weighted by Crippen LogP contribution is -2.53. The molecule has 21 heteroatoms. The van der Waals surface area contributed by atoms with E-state index < -0.39 is 71.3 Å². The number of nitrogens with zero attached hydrogens (tertiary/aromatic N) is 6. The molecule has 2 aromatic carbocycles. The summed E-state index contributed by atoms with van der Waals surface area (Å²) in [4.78, 5) is 72.9. The second-order valence-corrected chi connectivity index (χ2v) is 13.0. The molecule has 296 valence electrons. The van der Waals surface area contributed by atoms with Crippen LogP contribution in [0.3, 0.4) is 0 Å². The van der Waals surface area contributed by atoms with Crippen LogP contribution in [0.1, 0.15) is 40.8 Å². The van der Waals surface area contributed by atoms with E-state index >= 15 is 0 Å². The van der Waals surface area contributed by atoms with Crippen molar-refractivity contribution in [3.63, 3.8) is 0 Å². The standard InChI is InChI=1S/C35H33ClF5N9O6/c1-2-26-29(48-11-9-47(10-12-48)28(52)17-42-33(55)45-31(53)22-16-21(37)4-5-24(22)38)32(54)50-34(44-30(46-50)19-7-13-56-14-8-19)49(26)18-27(51)43-25-6-3-20(15-23(25)36)35(39,40)41/h3-7,15-16H,2,8-14,17-18H2,1H3,(H,43,51)(H2,42,45,53,55). The lowest BCUT2D eigenvalue weighted by atomic mass is 10.1. The Bertz CT molecular complexity index is 2300. The van der Waals surface area contributed by atoms with Crippen molar-refractivity contribution in [1.82, 2.24) is 34.7 Å². The van der Waals surface area contributed by atoms with Crippen LogP contribution >= 0.6 is 11.6 Å². The maximum Gasteiger partial charge on any atom is 0.416 e. The Hall–Kier alpha value is -5.89. The summed E-state index contributed by atoms with van der Waals surface area (Å²) in [6, 6.07) is 3.58. The predicted molar refractivity (Wildman–Crippen MR) is 191 cm³/mol. The van der Waals surface area contributed by atoms with Gasteiger partial charge in [-0.1, -0.05) is 24.6 Å². The number of amides is 5. The number of ether oxygens (including phenoxy) is 1. The van der Waals surface area contributed by atoms with Gasteiger partial charge in [0.1, 0.15) is 23.9 Å². The Balaban J connectivity index is 1.20. The van der Waals surface area contributed by atoms with Gasteiger partial charge in [-0.15, -0.1) is 5.10 Å². The number of aromatic nitrogens is 4. The highest BCUT2D eigenvalue weighted by Crippen LogP contribution is 2.34. The minimum atomic E-state index is -4.64. The molecule has 2 aliphatic rings. The van der Waals surface area contributed by atoms with Crippen LogP contribution in [0, 0.1) is 11.6 Å². The molecule has 56 heavy (non-hydrogen) atoms. The van der Waals surface area contributed by atoms with Crippen molar-refractivity contribution < 1.29 is 45.9 Å². The first-order valence-corrected chi connectivity index (χ1v) is 17.6. The van der Waals surface area contributed by atoms with E-state index in [0.29, 0.717) is 37.5 Å². The molecule has 4 aromatic rings. The fourth-order valence-electron chi connectivity index (χ4n) is 6.25. The molecule has 0 aliphatic carbocycles. The number of rotatable bonds is 9. The van der Waals surface area contributed by atoms with Crippen molar-refractivity contribution in [1.29, 1.82) is 0 Å². The van der Waals surface area contributed by atoms with Gasteiger partial charge >= 0.3 is 12.2 Å². The van der Waals surface area contributed by atoms with Crippen LogP contribution in [0.15, 0.2) is 47.3 Å². The Morgan fingerprint density at radius 3 is 2.43 bits per heavy atom. The summed E-state index contributed by atoms with van der Waals surface area (Å²) in [6.07, 6.45) is -2.16. The minimum Gasteiger partial charge on any atom is -0.377 e. The fraction of sp³-hybridized carbons (Fsp3) is 0.343. The SMILES string of the molecule is CCc1c(N2CCN(C(=O)CNC(=O)NC(=O)c3cc(F)ccc3F)CC2)c(=O)n2nc(C3=CCOCC3)nc2n1CC(=O)Nc1ccc(C(F)(F)F)cc1Cl. The molecule has 0 atom stereocenters. The monoisotopic (exact) mass is 805 g/mol. The van der Waals surface area contributed by atoms with E-state index in [1.807, 2.05) is 5.32 Å². The van der Waals surface area contributed by atoms with Crippen LogP contribution in [0.5, 0.6) is 0 Å². The van der Waals surface area contributed by atoms with Gasteiger partial charge in [-0.25, -0.2) is 13.6 Å². The van der Waals surface area contributed by atoms with Crippen molar-refractivity contribution in [3.8, 4) is 0 Å². The van der Waals surface area contributed by atoms with Crippen LogP contribution in [0.25, 0.3) is 11.4 Å². The van der Waals surface area contributed by atoms with E-state index in [-0.39, 0.29) is 60.6 Å². The number of fused-ring (bicyclic) bond motifs is 1. The Morgan fingerprint density at radius 2 is 1.77 bits per heavy atom. The molecule has 0 radical (unpaired) electrons. The topological polar surface area (TPSA) is 172 Å². The van der Waals surface area contributed by atoms with Crippen molar-refractivity contribution in [2.75, 3.05) is 56.2 Å². The molecule has 1 saturated heterocycles. The fourth-order valence-corrected chi connectivity index (χ4v) is 6.48. The number of halogens is 6. The summed E-state index contributed by atoms with van der Waals surface area (Å²) in [6.45, 7) is 1.98. The summed E-state index contributed by atoms with van der Waals surface area (Å²) in [5, 5.41) is 10.7. The van der Waals surface area contributed by atoms with Crippen molar-refractivity contribution in [3.05, 3.63) is 92.1 Å². The second kappa shape index (κ2) is 16.5. The predicted octanol–water partition coefficient (Wildman–Crippen LogP) is 3.63. The molecule has 1 fully saturated rings. The zero-order valence-electron chi connectivity index (χ0n) is 29.5. The van der Waals surface area contributed by atoms with E-state index in [1.54, 1.807) is 17.9 Å². The number of benzene rings is 2. The molecule has 0 saturated carbocycles. The largest absolute Gasteiger partial charge is 0.416 e. The summed E-state index contributed by atoms with van der Waals surface area (Å²) >= 11 is 6.09. The highest BCUT2D eigenvalue weighted by atomic mass is 35.5. The van der Waals surface area contributed by atoms with Crippen molar-refractivity contribution in [2.45, 2.75) is 32.5 Å². The molecule has 6 rings (SSSR count). The number of piperazine rings is 1. The zero-order valence-corrected chi connectivity index (χ0v) is 30.3. The van der Waals surface area contributed by atoms with Crippen LogP contribution in [0.4, 0.5) is 38.1 Å². The molecule has 15 nitrogen and oxygen atoms in total. The quantitative estimate of drug-likeness (QED) is 0.214. The van der Waals surface area contributed by atoms with E-state index in [4.69, 9.17) is 16.3 Å². The maximum absolute atomic E-state index is 14.2. The van der Waals surface area contributed by atoms with Gasteiger partial charge in [0.2, 0.25) is 17.6 Å². The lowest BCUT2D eigenvalue weighted by Gasteiger charge is -2.36. The molecule has 2 aliphatic heterocycles. The van der Waals surface area contributed by atoms with E-state index in [0.717, 1.165) is 34.4 Å². The van der Waals surface area contributed by atoms with Crippen LogP contribution in [-0.2, 0) is 33.5 Å². The zero-order chi connectivity index (χ0) is 40.3. The third-order valence-electron chi connectivity index (χ3n) is 9.03. The van der Waals surface area contributed by atoms with Gasteiger partial charge < -0.3 is 29.7 Å². The summed E-state index contributed by atoms with van der Waals surface area (Å²) in [7, 11) is 0. The summed E-state index contributed by atoms with van der Waals surface area (Å²) < 4.78 is 74.9. The van der Waals surface area contributed by atoms with Crippen molar-refractivity contribution >= 4 is 58.1 Å². The minimum absolute atomic E-state index is 0.0449. The molecule has 3 N–H and O–H groups in total. The number of alkyl halides is 3. The first-order valence-electron chi connectivity index (χ1n) is 17.2. The number of anilines is 2. The smallest absolute Gasteiger partial charge is 0.377 e. The Labute approximate surface area is 319 Å². The van der Waals surface area contributed by atoms with Gasteiger partial charge in [-0.3, -0.25) is 24.5 Å². The Kier molecular flexibility index (Phi) is 11.7. The molecule has 4 heterocycles. The normalized spacial score (nSPS) is 14.7. The number of nitrogens with one attached hydrogen (secondary N) is 3. The van der Waals surface area contributed by atoms with Gasteiger partial charge in [0.05, 0.1) is 47.3 Å². The van der Waals surface area contributed by atoms with Gasteiger partial charge in [-0.2, -0.15) is 22.7 Å². The number of carbonyl (C=O) groups excluding carboxylic acids is 4. The third-order valence-corrected chi connectivity index (χ3v) is 9.34. The molecular weight excluding hydrogens is 773 g/mol. The van der Waals surface area contributed by atoms with E-state index in [1.165, 1.54) is 9.47 Å². The average Bonchev–Trinajstić information content (AvgIpc) is 3.63. The average molecular weight is 806 g/mol. The number of hydrogen-bond acceptors (Lipinski definition) is 9. The van der Waals surface area contributed by atoms with Crippen LogP contribution in [-0.4, -0.2) is 93.8 Å². The molecule has 5 amide bonds. The maximum atomic E-state index is 14.2. The first-order chi connectivity index (χ1) is 26.6. The van der Waals surface area contributed by atoms with Crippen LogP contribution < -0.4 is 26.4 Å². The molecule has 0 spiro atoms. The van der Waals surface area contributed by atoms with Crippen LogP contribution in [0.2, 0.25) is 5.02 Å². The lowest BCUT2D eigenvalue weighted by molar-refractivity contribution is -0.137. The Morgan fingerprint density at radius 1 is 1.02 bits per heavy atom. The summed E-state index contributed by atoms with van der Waals surface area (Å²) in [5.74, 6) is -4.06. The van der Waals surface area contributed by atoms with Gasteiger partial charge in [0, 0.05) is 26.2 Å². The molecule has 0 bridgehead atoms. The summed E-state index contributed by atoms with van der Waals surface area (Å²) in [5.41, 5.74) is -0.976. The van der Waals surface area contributed by atoms with E-state index in [9.17, 15) is 45.9 Å². The van der Waals surface area contributed by atoms with E-state index in [2.05, 4.69) is 20.7 Å². The molecule has 2 aromatic heterocycles. The van der Waals surface area contributed by atoms with Gasteiger partial charge in [0.25, 0.3) is 11.5 Å². The third kappa shape index (κ3) is 8.65. The van der Waals surface area contributed by atoms with Gasteiger partial charge in [0.15, 0.2) is 5.82 Å².